The Labute approximate surface area is 136 Å². The van der Waals surface area contributed by atoms with Crippen molar-refractivity contribution in [3.05, 3.63) is 23.3 Å². The zero-order valence-electron chi connectivity index (χ0n) is 13.9. The van der Waals surface area contributed by atoms with E-state index in [0.29, 0.717) is 42.1 Å². The minimum Gasteiger partial charge on any atom is -0.491 e. The van der Waals surface area contributed by atoms with Gasteiger partial charge in [-0.15, -0.1) is 0 Å². The first-order valence-electron chi connectivity index (χ1n) is 7.80. The molecule has 6 heteroatoms. The smallest absolute Gasteiger partial charge is 0.306 e. The molecule has 6 nitrogen and oxygen atoms in total. The Hall–Kier alpha value is -2.08. The summed E-state index contributed by atoms with van der Waals surface area (Å²) in [5.74, 6) is 0.261. The predicted molar refractivity (Wildman–Crippen MR) is 88.1 cm³/mol. The summed E-state index contributed by atoms with van der Waals surface area (Å²) in [5.41, 5.74) is 1.85. The van der Waals surface area contributed by atoms with Crippen LogP contribution >= 0.6 is 0 Å². The number of benzene rings is 1. The number of aliphatic hydroxyl groups is 1. The summed E-state index contributed by atoms with van der Waals surface area (Å²) in [6.45, 7) is 6.23. The first-order valence-corrected chi connectivity index (χ1v) is 7.80. The maximum absolute atomic E-state index is 11.6. The summed E-state index contributed by atoms with van der Waals surface area (Å²) >= 11 is 0. The van der Waals surface area contributed by atoms with Gasteiger partial charge in [-0.2, -0.15) is 0 Å². The molecule has 0 fully saturated rings. The van der Waals surface area contributed by atoms with Gasteiger partial charge in [0, 0.05) is 35.8 Å². The first kappa shape index (κ1) is 19.0. The zero-order valence-corrected chi connectivity index (χ0v) is 13.9. The number of rotatable bonds is 10. The summed E-state index contributed by atoms with van der Waals surface area (Å²) in [7, 11) is 0. The number of aliphatic hydroxyl groups excluding tert-OH is 1. The van der Waals surface area contributed by atoms with Gasteiger partial charge in [0.2, 0.25) is 0 Å². The van der Waals surface area contributed by atoms with E-state index in [0.717, 1.165) is 6.29 Å². The van der Waals surface area contributed by atoms with E-state index in [-0.39, 0.29) is 25.1 Å². The highest BCUT2D eigenvalue weighted by Crippen LogP contribution is 2.29. The van der Waals surface area contributed by atoms with Crippen molar-refractivity contribution < 1.29 is 24.2 Å². The lowest BCUT2D eigenvalue weighted by Gasteiger charge is -2.18. The number of carbonyl (C=O) groups excluding carboxylic acids is 2. The van der Waals surface area contributed by atoms with Gasteiger partial charge < -0.3 is 19.9 Å². The molecule has 0 saturated carbocycles. The van der Waals surface area contributed by atoms with Gasteiger partial charge in [-0.1, -0.05) is 0 Å². The topological polar surface area (TPSA) is 84.9 Å². The average molecular weight is 323 g/mol. The maximum Gasteiger partial charge on any atom is 0.306 e. The Balaban J connectivity index is 3.07. The van der Waals surface area contributed by atoms with Crippen LogP contribution < -0.4 is 10.1 Å². The molecule has 2 N–H and O–H groups in total. The number of nitrogens with one attached hydrogen (secondary N) is 1. The van der Waals surface area contributed by atoms with E-state index < -0.39 is 0 Å². The molecule has 0 saturated heterocycles. The van der Waals surface area contributed by atoms with Crippen molar-refractivity contribution >= 4 is 17.9 Å². The molecule has 128 valence electrons. The minimum absolute atomic E-state index is 0.0125. The third-order valence-electron chi connectivity index (χ3n) is 3.06. The highest BCUT2D eigenvalue weighted by atomic mass is 16.5. The lowest BCUT2D eigenvalue weighted by molar-refractivity contribution is -0.143. The standard InChI is InChI=1S/C17H25NO5/c1-4-22-17(21)6-5-15-13(11-20)9-14(18-7-8-19)10-16(15)23-12(2)3/h9-12,18-19H,4-8H2,1-3H3. The van der Waals surface area contributed by atoms with E-state index in [9.17, 15) is 9.59 Å². The molecule has 0 spiro atoms. The molecule has 0 atom stereocenters. The number of hydrogen-bond donors (Lipinski definition) is 2. The fraction of sp³-hybridized carbons (Fsp3) is 0.529. The van der Waals surface area contributed by atoms with Gasteiger partial charge in [0.05, 0.1) is 19.3 Å². The molecule has 23 heavy (non-hydrogen) atoms. The van der Waals surface area contributed by atoms with Crippen LogP contribution in [0.25, 0.3) is 0 Å². The second-order valence-corrected chi connectivity index (χ2v) is 5.28. The van der Waals surface area contributed by atoms with Crippen LogP contribution in [0.2, 0.25) is 0 Å². The summed E-state index contributed by atoms with van der Waals surface area (Å²) in [5, 5.41) is 11.9. The zero-order chi connectivity index (χ0) is 17.2. The fourth-order valence-corrected chi connectivity index (χ4v) is 2.16. The van der Waals surface area contributed by atoms with Gasteiger partial charge in [0.1, 0.15) is 5.75 Å². The monoisotopic (exact) mass is 323 g/mol. The van der Waals surface area contributed by atoms with Crippen LogP contribution in [0.15, 0.2) is 12.1 Å². The van der Waals surface area contributed by atoms with E-state index in [4.69, 9.17) is 14.6 Å². The van der Waals surface area contributed by atoms with Crippen molar-refractivity contribution in [1.29, 1.82) is 0 Å². The molecule has 0 bridgehead atoms. The van der Waals surface area contributed by atoms with Crippen molar-refractivity contribution in [3.8, 4) is 5.75 Å². The van der Waals surface area contributed by atoms with Gasteiger partial charge in [0.15, 0.2) is 6.29 Å². The first-order chi connectivity index (χ1) is 11.0. The fourth-order valence-electron chi connectivity index (χ4n) is 2.16. The molecule has 0 aliphatic rings. The Morgan fingerprint density at radius 3 is 2.70 bits per heavy atom. The lowest BCUT2D eigenvalue weighted by Crippen LogP contribution is -2.13. The predicted octanol–water partition coefficient (Wildman–Crippen LogP) is 2.19. The van der Waals surface area contributed by atoms with E-state index in [2.05, 4.69) is 5.32 Å². The summed E-state index contributed by atoms with van der Waals surface area (Å²) < 4.78 is 10.7. The molecular weight excluding hydrogens is 298 g/mol. The molecule has 0 heterocycles. The molecule has 0 amide bonds. The number of carbonyl (C=O) groups is 2. The van der Waals surface area contributed by atoms with Crippen LogP contribution in [0, 0.1) is 0 Å². The summed E-state index contributed by atoms with van der Waals surface area (Å²) in [6, 6.07) is 3.47. The largest absolute Gasteiger partial charge is 0.491 e. The van der Waals surface area contributed by atoms with Gasteiger partial charge >= 0.3 is 5.97 Å². The van der Waals surface area contributed by atoms with Gasteiger partial charge in [-0.05, 0) is 33.3 Å². The van der Waals surface area contributed by atoms with Crippen LogP contribution in [0.4, 0.5) is 5.69 Å². The normalized spacial score (nSPS) is 10.5. The van der Waals surface area contributed by atoms with Crippen LogP contribution in [0.3, 0.4) is 0 Å². The molecule has 0 aliphatic carbocycles. The molecule has 0 radical (unpaired) electrons. The molecule has 1 aromatic rings. The van der Waals surface area contributed by atoms with Crippen molar-refractivity contribution in [2.75, 3.05) is 25.1 Å². The number of aldehydes is 1. The Kier molecular flexibility index (Phi) is 8.11. The van der Waals surface area contributed by atoms with E-state index in [1.807, 2.05) is 13.8 Å². The Morgan fingerprint density at radius 2 is 2.13 bits per heavy atom. The van der Waals surface area contributed by atoms with E-state index in [1.165, 1.54) is 0 Å². The van der Waals surface area contributed by atoms with Crippen LogP contribution in [-0.4, -0.2) is 43.2 Å². The quantitative estimate of drug-likeness (QED) is 0.507. The van der Waals surface area contributed by atoms with E-state index in [1.54, 1.807) is 19.1 Å². The molecule has 0 aliphatic heterocycles. The third-order valence-corrected chi connectivity index (χ3v) is 3.06. The van der Waals surface area contributed by atoms with Crippen LogP contribution in [0.1, 0.15) is 43.1 Å². The summed E-state index contributed by atoms with van der Waals surface area (Å²) in [4.78, 5) is 23.0. The SMILES string of the molecule is CCOC(=O)CCc1c(C=O)cc(NCCO)cc1OC(C)C. The maximum atomic E-state index is 11.6. The highest BCUT2D eigenvalue weighted by molar-refractivity contribution is 5.82. The van der Waals surface area contributed by atoms with Crippen molar-refractivity contribution in [3.63, 3.8) is 0 Å². The van der Waals surface area contributed by atoms with Crippen LogP contribution in [0.5, 0.6) is 5.75 Å². The number of ether oxygens (including phenoxy) is 2. The van der Waals surface area contributed by atoms with Gasteiger partial charge in [-0.25, -0.2) is 0 Å². The average Bonchev–Trinajstić information content (AvgIpc) is 2.51. The molecule has 1 rings (SSSR count). The lowest BCUT2D eigenvalue weighted by atomic mass is 10.0. The second kappa shape index (κ2) is 9.84. The summed E-state index contributed by atoms with van der Waals surface area (Å²) in [6.07, 6.45) is 1.24. The number of esters is 1. The minimum atomic E-state index is -0.303. The van der Waals surface area contributed by atoms with Crippen molar-refractivity contribution in [1.82, 2.24) is 0 Å². The Bertz CT molecular complexity index is 528. The Morgan fingerprint density at radius 1 is 1.39 bits per heavy atom. The third kappa shape index (κ3) is 6.28. The molecular formula is C17H25NO5. The van der Waals surface area contributed by atoms with Crippen LogP contribution in [-0.2, 0) is 16.0 Å². The van der Waals surface area contributed by atoms with Crippen molar-refractivity contribution in [2.45, 2.75) is 39.7 Å². The number of anilines is 1. The van der Waals surface area contributed by atoms with E-state index >= 15 is 0 Å². The van der Waals surface area contributed by atoms with Gasteiger partial charge in [-0.3, -0.25) is 9.59 Å². The highest BCUT2D eigenvalue weighted by Gasteiger charge is 2.15. The van der Waals surface area contributed by atoms with Crippen molar-refractivity contribution in [2.24, 2.45) is 0 Å². The van der Waals surface area contributed by atoms with Gasteiger partial charge in [0.25, 0.3) is 0 Å². The molecule has 0 aromatic heterocycles. The second-order valence-electron chi connectivity index (χ2n) is 5.28. The molecule has 0 unspecified atom stereocenters. The molecule has 1 aromatic carbocycles. The number of hydrogen-bond acceptors (Lipinski definition) is 6.